The van der Waals surface area contributed by atoms with Gasteiger partial charge in [-0.2, -0.15) is 0 Å². The molecule has 0 saturated carbocycles. The minimum Gasteiger partial charge on any atom is -0.309 e. The summed E-state index contributed by atoms with van der Waals surface area (Å²) in [6.07, 6.45) is 2.36. The molecule has 0 N–H and O–H groups in total. The van der Waals surface area contributed by atoms with Crippen molar-refractivity contribution in [3.8, 4) is 0 Å². The summed E-state index contributed by atoms with van der Waals surface area (Å²) in [6, 6.07) is 3.75. The number of halogens is 1. The number of amides is 1. The van der Waals surface area contributed by atoms with E-state index in [0.29, 0.717) is 17.9 Å². The molecular weight excluding hydrogens is 302 g/mol. The van der Waals surface area contributed by atoms with Crippen LogP contribution in [0.15, 0.2) is 12.1 Å². The number of carbonyl (C=O) groups is 1. The first kappa shape index (κ1) is 17.4. The lowest BCUT2D eigenvalue weighted by atomic mass is 9.98. The number of carbonyl (C=O) groups excluding carboxylic acids is 1. The van der Waals surface area contributed by atoms with Gasteiger partial charge in [0.25, 0.3) is 0 Å². The Hall–Kier alpha value is -1.42. The first-order valence-electron chi connectivity index (χ1n) is 9.23. The smallest absolute Gasteiger partial charge is 0.231 e. The molecule has 0 atom stereocenters. The second-order valence-electron chi connectivity index (χ2n) is 8.02. The first-order chi connectivity index (χ1) is 11.4. The van der Waals surface area contributed by atoms with Gasteiger partial charge in [-0.1, -0.05) is 27.7 Å². The molecule has 0 bridgehead atoms. The number of hydrogen-bond acceptors (Lipinski definition) is 2. The SMILES string of the molecule is CC(C)CN1CCC(N2C(=O)Cc3cc([18F])c(C(C)C)cc32)CC1. The Bertz CT molecular complexity index is 618. The molecule has 4 heteroatoms. The Morgan fingerprint density at radius 1 is 1.17 bits per heavy atom. The average molecular weight is 331 g/mol. The summed E-state index contributed by atoms with van der Waals surface area (Å²) in [7, 11) is 0. The summed E-state index contributed by atoms with van der Waals surface area (Å²) in [6.45, 7) is 11.7. The quantitative estimate of drug-likeness (QED) is 0.834. The minimum absolute atomic E-state index is 0.126. The predicted molar refractivity (Wildman–Crippen MR) is 96.0 cm³/mol. The van der Waals surface area contributed by atoms with Gasteiger partial charge >= 0.3 is 0 Å². The molecule has 2 aliphatic heterocycles. The average Bonchev–Trinajstić information content (AvgIpc) is 2.81. The van der Waals surface area contributed by atoms with Gasteiger partial charge in [0.2, 0.25) is 5.91 Å². The molecule has 132 valence electrons. The van der Waals surface area contributed by atoms with Crippen LogP contribution in [0.1, 0.15) is 57.6 Å². The highest BCUT2D eigenvalue weighted by molar-refractivity contribution is 6.02. The molecule has 2 aliphatic rings. The molecular formula is C20H29FN2O. The Morgan fingerprint density at radius 2 is 1.83 bits per heavy atom. The molecule has 0 aromatic heterocycles. The van der Waals surface area contributed by atoms with E-state index in [0.717, 1.165) is 43.7 Å². The van der Waals surface area contributed by atoms with E-state index in [1.165, 1.54) is 0 Å². The molecule has 24 heavy (non-hydrogen) atoms. The lowest BCUT2D eigenvalue weighted by Gasteiger charge is -2.37. The van der Waals surface area contributed by atoms with Gasteiger partial charge in [0.1, 0.15) is 5.82 Å². The van der Waals surface area contributed by atoms with Gasteiger partial charge in [-0.15, -0.1) is 0 Å². The van der Waals surface area contributed by atoms with Gasteiger partial charge in [0.05, 0.1) is 6.42 Å². The number of benzene rings is 1. The van der Waals surface area contributed by atoms with E-state index in [4.69, 9.17) is 0 Å². The topological polar surface area (TPSA) is 23.6 Å². The second kappa shape index (κ2) is 6.83. The van der Waals surface area contributed by atoms with E-state index >= 15 is 0 Å². The summed E-state index contributed by atoms with van der Waals surface area (Å²) < 4.78 is 14.2. The van der Waals surface area contributed by atoms with Crippen LogP contribution < -0.4 is 4.90 Å². The van der Waals surface area contributed by atoms with Crippen LogP contribution in [-0.4, -0.2) is 36.5 Å². The lowest BCUT2D eigenvalue weighted by Crippen LogP contribution is -2.47. The van der Waals surface area contributed by atoms with Crippen molar-refractivity contribution < 1.29 is 9.18 Å². The van der Waals surface area contributed by atoms with Gasteiger partial charge in [0, 0.05) is 31.4 Å². The second-order valence-corrected chi connectivity index (χ2v) is 8.02. The predicted octanol–water partition coefficient (Wildman–Crippen LogP) is 3.96. The summed E-state index contributed by atoms with van der Waals surface area (Å²) in [4.78, 5) is 17.0. The number of fused-ring (bicyclic) bond motifs is 1. The third-order valence-electron chi connectivity index (χ3n) is 5.24. The highest BCUT2D eigenvalue weighted by atomic mass is 18.2. The number of piperidine rings is 1. The Balaban J connectivity index is 1.79. The van der Waals surface area contributed by atoms with Crippen molar-refractivity contribution in [1.29, 1.82) is 0 Å². The highest BCUT2D eigenvalue weighted by Gasteiger charge is 2.35. The lowest BCUT2D eigenvalue weighted by molar-refractivity contribution is -0.118. The highest BCUT2D eigenvalue weighted by Crippen LogP contribution is 2.37. The van der Waals surface area contributed by atoms with Crippen LogP contribution in [0.25, 0.3) is 0 Å². The Labute approximate surface area is 144 Å². The molecule has 3 rings (SSSR count). The third kappa shape index (κ3) is 3.34. The van der Waals surface area contributed by atoms with Gasteiger partial charge in [-0.25, -0.2) is 4.39 Å². The number of rotatable bonds is 4. The molecule has 0 unspecified atom stereocenters. The summed E-state index contributed by atoms with van der Waals surface area (Å²) in [5.41, 5.74) is 2.52. The number of nitrogens with zero attached hydrogens (tertiary/aromatic N) is 2. The molecule has 0 radical (unpaired) electrons. The number of hydrogen-bond donors (Lipinski definition) is 0. The zero-order valence-corrected chi connectivity index (χ0v) is 15.3. The van der Waals surface area contributed by atoms with E-state index in [-0.39, 0.29) is 23.7 Å². The molecule has 1 saturated heterocycles. The molecule has 0 spiro atoms. The summed E-state index contributed by atoms with van der Waals surface area (Å²) >= 11 is 0. The fraction of sp³-hybridized carbons (Fsp3) is 0.650. The Kier molecular flexibility index (Phi) is 4.95. The van der Waals surface area contributed by atoms with E-state index in [1.807, 2.05) is 24.8 Å². The van der Waals surface area contributed by atoms with Gasteiger partial charge in [0.15, 0.2) is 0 Å². The molecule has 1 fully saturated rings. The monoisotopic (exact) mass is 331 g/mol. The van der Waals surface area contributed by atoms with E-state index in [9.17, 15) is 9.18 Å². The van der Waals surface area contributed by atoms with Crippen LogP contribution in [-0.2, 0) is 11.2 Å². The van der Waals surface area contributed by atoms with Crippen molar-refractivity contribution in [3.63, 3.8) is 0 Å². The van der Waals surface area contributed by atoms with Gasteiger partial charge in [-0.05, 0) is 47.9 Å². The maximum Gasteiger partial charge on any atom is 0.231 e. The van der Waals surface area contributed by atoms with Crippen molar-refractivity contribution in [2.24, 2.45) is 5.92 Å². The third-order valence-corrected chi connectivity index (χ3v) is 5.24. The van der Waals surface area contributed by atoms with Gasteiger partial charge < -0.3 is 9.80 Å². The molecule has 1 aromatic rings. The zero-order chi connectivity index (χ0) is 17.4. The molecule has 3 nitrogen and oxygen atoms in total. The van der Waals surface area contributed by atoms with Crippen molar-refractivity contribution in [2.45, 2.75) is 58.9 Å². The van der Waals surface area contributed by atoms with Crippen LogP contribution in [0.3, 0.4) is 0 Å². The molecule has 0 aliphatic carbocycles. The largest absolute Gasteiger partial charge is 0.309 e. The van der Waals surface area contributed by atoms with Crippen LogP contribution in [0.5, 0.6) is 0 Å². The standard InChI is InChI=1S/C20H29FN2O/c1-13(2)12-22-7-5-16(6-8-22)23-19-11-17(14(3)4)18(21)9-15(19)10-20(23)24/h9,11,13-14,16H,5-8,10,12H2,1-4H3/i21-1. The van der Waals surface area contributed by atoms with Crippen LogP contribution >= 0.6 is 0 Å². The van der Waals surface area contributed by atoms with Crippen molar-refractivity contribution in [3.05, 3.63) is 29.1 Å². The van der Waals surface area contributed by atoms with Crippen LogP contribution in [0.2, 0.25) is 0 Å². The van der Waals surface area contributed by atoms with E-state index in [2.05, 4.69) is 18.7 Å². The molecule has 2 heterocycles. The normalized spacial score (nSPS) is 19.6. The summed E-state index contributed by atoms with van der Waals surface area (Å²) in [5.74, 6) is 0.755. The molecule has 1 amide bonds. The van der Waals surface area contributed by atoms with Crippen molar-refractivity contribution in [1.82, 2.24) is 4.90 Å². The first-order valence-corrected chi connectivity index (χ1v) is 9.23. The van der Waals surface area contributed by atoms with Crippen LogP contribution in [0, 0.1) is 11.7 Å². The number of anilines is 1. The zero-order valence-electron chi connectivity index (χ0n) is 15.3. The fourth-order valence-electron chi connectivity index (χ4n) is 4.09. The van der Waals surface area contributed by atoms with E-state index in [1.54, 1.807) is 6.07 Å². The summed E-state index contributed by atoms with van der Waals surface area (Å²) in [5, 5.41) is 0. The molecule has 1 aromatic carbocycles. The Morgan fingerprint density at radius 3 is 2.42 bits per heavy atom. The minimum atomic E-state index is -0.176. The number of likely N-dealkylation sites (tertiary alicyclic amines) is 1. The van der Waals surface area contributed by atoms with Crippen molar-refractivity contribution in [2.75, 3.05) is 24.5 Å². The van der Waals surface area contributed by atoms with Crippen molar-refractivity contribution >= 4 is 11.6 Å². The van der Waals surface area contributed by atoms with Gasteiger partial charge in [-0.3, -0.25) is 4.79 Å². The maximum atomic E-state index is 14.2. The fourth-order valence-corrected chi connectivity index (χ4v) is 4.09. The van der Waals surface area contributed by atoms with Crippen LogP contribution in [0.4, 0.5) is 10.1 Å². The maximum absolute atomic E-state index is 14.2. The van der Waals surface area contributed by atoms with E-state index < -0.39 is 0 Å².